The van der Waals surface area contributed by atoms with Crippen LogP contribution in [0.25, 0.3) is 204 Å². The van der Waals surface area contributed by atoms with Crippen molar-refractivity contribution in [3.05, 3.63) is 272 Å². The molecule has 0 saturated carbocycles. The van der Waals surface area contributed by atoms with Crippen molar-refractivity contribution in [3.63, 3.8) is 0 Å². The lowest BCUT2D eigenvalue weighted by atomic mass is 9.80. The maximum absolute atomic E-state index is 6.57. The summed E-state index contributed by atoms with van der Waals surface area (Å²) in [5.74, 6) is 0. The van der Waals surface area contributed by atoms with E-state index in [2.05, 4.69) is 255 Å². The quantitative estimate of drug-likeness (QED) is 0.172. The summed E-state index contributed by atoms with van der Waals surface area (Å²) in [5.41, 5.74) is 24.5. The molecule has 15 aromatic carbocycles. The molecule has 0 aliphatic heterocycles. The Bertz CT molecular complexity index is 7130. The summed E-state index contributed by atoms with van der Waals surface area (Å²) < 4.78 is 27.4. The Morgan fingerprint density at radius 3 is 1.76 bits per heavy atom. The average molecular weight is 1280 g/mol. The van der Waals surface area contributed by atoms with Gasteiger partial charge in [0.25, 0.3) is 0 Å². The molecule has 0 radical (unpaired) electrons. The van der Waals surface area contributed by atoms with E-state index in [9.17, 15) is 0 Å². The Labute approximate surface area is 559 Å². The number of furan rings is 3. The van der Waals surface area contributed by atoms with Gasteiger partial charge in [-0.2, -0.15) is 0 Å². The molecule has 0 N–H and O–H groups in total. The van der Waals surface area contributed by atoms with E-state index in [1.165, 1.54) is 154 Å². The van der Waals surface area contributed by atoms with Crippen LogP contribution in [0.1, 0.15) is 25.0 Å². The van der Waals surface area contributed by atoms with E-state index >= 15 is 0 Å². The number of para-hydroxylation sites is 2. The summed E-state index contributed by atoms with van der Waals surface area (Å²) in [6, 6.07) is 95.8. The van der Waals surface area contributed by atoms with Gasteiger partial charge in [-0.3, -0.25) is 0 Å². The lowest BCUT2D eigenvalue weighted by Gasteiger charge is -2.26. The number of fused-ring (bicyclic) bond motifs is 11. The fourth-order valence-corrected chi connectivity index (χ4v) is 20.8. The Kier molecular flexibility index (Phi) is 10.1. The summed E-state index contributed by atoms with van der Waals surface area (Å²) in [7, 11) is 0. The van der Waals surface area contributed by atoms with Crippen molar-refractivity contribution in [3.8, 4) is 55.6 Å². The van der Waals surface area contributed by atoms with Crippen LogP contribution in [0.4, 0.5) is 17.1 Å². The van der Waals surface area contributed by atoms with Crippen molar-refractivity contribution < 1.29 is 13.3 Å². The van der Waals surface area contributed by atoms with Gasteiger partial charge in [0.1, 0.15) is 33.5 Å². The zero-order valence-electron chi connectivity index (χ0n) is 51.7. The molecular formula is C89H49NO3S3. The molecule has 3 aliphatic rings. The van der Waals surface area contributed by atoms with Crippen molar-refractivity contribution in [2.45, 2.75) is 19.3 Å². The van der Waals surface area contributed by atoms with Crippen LogP contribution in [0, 0.1) is 0 Å². The predicted molar refractivity (Wildman–Crippen MR) is 410 cm³/mol. The first kappa shape index (κ1) is 52.1. The van der Waals surface area contributed by atoms with Gasteiger partial charge in [0.05, 0.1) is 0 Å². The molecule has 0 unspecified atom stereocenters. The molecule has 6 heterocycles. The topological polar surface area (TPSA) is 42.7 Å². The number of rotatable bonds is 5. The van der Waals surface area contributed by atoms with E-state index in [1.807, 2.05) is 58.3 Å². The molecule has 0 amide bonds. The van der Waals surface area contributed by atoms with Gasteiger partial charge in [-0.15, -0.1) is 34.0 Å². The molecule has 21 aromatic rings. The van der Waals surface area contributed by atoms with Crippen LogP contribution in [0.5, 0.6) is 0 Å². The van der Waals surface area contributed by atoms with E-state index in [0.29, 0.717) is 0 Å². The van der Waals surface area contributed by atoms with Gasteiger partial charge < -0.3 is 18.2 Å². The fourth-order valence-electron chi connectivity index (χ4n) is 17.4. The molecule has 4 nitrogen and oxygen atoms in total. The minimum absolute atomic E-state index is 0.0207. The minimum Gasteiger partial charge on any atom is -0.456 e. The summed E-state index contributed by atoms with van der Waals surface area (Å²) >= 11 is 5.72. The van der Waals surface area contributed by atoms with Crippen molar-refractivity contribution in [1.29, 1.82) is 0 Å². The molecule has 446 valence electrons. The van der Waals surface area contributed by atoms with Crippen molar-refractivity contribution in [1.82, 2.24) is 0 Å². The Balaban J connectivity index is 0.000000130. The van der Waals surface area contributed by atoms with Gasteiger partial charge in [0, 0.05) is 127 Å². The Morgan fingerprint density at radius 2 is 0.844 bits per heavy atom. The lowest BCUT2D eigenvalue weighted by molar-refractivity contribution is 0.661. The SMILES string of the molecule is CC1(C)c2cccc3c2-c2c1ccc1c(-c4ccc5sc6ccccc6c5c4)cc4sc5cccc-3c5c4c21.c1cc(-c2ccc3sc4ccc5ccc6oc7cccc8c7c6c5c4c3c2-8)cc(N(c2ccc3c(c2)oc2ccccc23)c2ccc3oc4ccccc4c3c2)c1. The largest absolute Gasteiger partial charge is 0.456 e. The first-order valence-corrected chi connectivity index (χ1v) is 35.3. The predicted octanol–water partition coefficient (Wildman–Crippen LogP) is 27.6. The van der Waals surface area contributed by atoms with Crippen LogP contribution in [0.3, 0.4) is 0 Å². The van der Waals surface area contributed by atoms with Crippen molar-refractivity contribution in [2.75, 3.05) is 4.90 Å². The highest BCUT2D eigenvalue weighted by Gasteiger charge is 2.40. The minimum atomic E-state index is -0.0207. The second kappa shape index (κ2) is 18.5. The lowest BCUT2D eigenvalue weighted by Crippen LogP contribution is -2.14. The Hall–Kier alpha value is -11.3. The van der Waals surface area contributed by atoms with E-state index in [-0.39, 0.29) is 5.41 Å². The molecule has 0 bridgehead atoms. The molecule has 0 fully saturated rings. The van der Waals surface area contributed by atoms with Crippen LogP contribution >= 0.6 is 34.0 Å². The monoisotopic (exact) mass is 1280 g/mol. The highest BCUT2D eigenvalue weighted by atomic mass is 32.1. The maximum atomic E-state index is 6.57. The normalized spacial score (nSPS) is 13.4. The van der Waals surface area contributed by atoms with Gasteiger partial charge >= 0.3 is 0 Å². The van der Waals surface area contributed by atoms with Gasteiger partial charge in [0.2, 0.25) is 0 Å². The summed E-state index contributed by atoms with van der Waals surface area (Å²) in [5, 5.41) is 20.4. The second-order valence-corrected chi connectivity index (χ2v) is 30.1. The van der Waals surface area contributed by atoms with Crippen molar-refractivity contribution >= 4 is 199 Å². The molecular weight excluding hydrogens is 1230 g/mol. The zero-order valence-corrected chi connectivity index (χ0v) is 54.2. The van der Waals surface area contributed by atoms with Crippen LogP contribution in [0.15, 0.2) is 274 Å². The van der Waals surface area contributed by atoms with E-state index < -0.39 is 0 Å². The highest BCUT2D eigenvalue weighted by molar-refractivity contribution is 7.27. The molecule has 24 rings (SSSR count). The Morgan fingerprint density at radius 1 is 0.260 bits per heavy atom. The van der Waals surface area contributed by atoms with Crippen molar-refractivity contribution in [2.24, 2.45) is 0 Å². The number of hydrogen-bond donors (Lipinski definition) is 0. The summed E-state index contributed by atoms with van der Waals surface area (Å²) in [6.45, 7) is 4.81. The average Bonchev–Trinajstić information content (AvgIpc) is 1.52. The van der Waals surface area contributed by atoms with Gasteiger partial charge in [-0.25, -0.2) is 0 Å². The van der Waals surface area contributed by atoms with Gasteiger partial charge in [-0.05, 0) is 192 Å². The van der Waals surface area contributed by atoms with E-state index in [0.717, 1.165) is 77.7 Å². The van der Waals surface area contributed by atoms with E-state index in [1.54, 1.807) is 0 Å². The molecule has 3 aliphatic carbocycles. The molecule has 0 atom stereocenters. The first-order chi connectivity index (χ1) is 47.3. The molecule has 0 spiro atoms. The summed E-state index contributed by atoms with van der Waals surface area (Å²) in [6.07, 6.45) is 0. The smallest absolute Gasteiger partial charge is 0.137 e. The van der Waals surface area contributed by atoms with Gasteiger partial charge in [-0.1, -0.05) is 159 Å². The molecule has 0 saturated heterocycles. The van der Waals surface area contributed by atoms with Crippen LogP contribution in [-0.2, 0) is 5.41 Å². The van der Waals surface area contributed by atoms with Gasteiger partial charge in [0.15, 0.2) is 0 Å². The third-order valence-electron chi connectivity index (χ3n) is 21.6. The van der Waals surface area contributed by atoms with Crippen LogP contribution < -0.4 is 4.90 Å². The van der Waals surface area contributed by atoms with Crippen LogP contribution in [-0.4, -0.2) is 0 Å². The number of benzene rings is 15. The third kappa shape index (κ3) is 6.81. The van der Waals surface area contributed by atoms with Crippen LogP contribution in [0.2, 0.25) is 0 Å². The second-order valence-electron chi connectivity index (χ2n) is 26.8. The van der Waals surface area contributed by atoms with E-state index in [4.69, 9.17) is 13.3 Å². The third-order valence-corrected chi connectivity index (χ3v) is 24.9. The number of thiophene rings is 3. The number of nitrogens with zero attached hydrogens (tertiary/aromatic N) is 1. The summed E-state index contributed by atoms with van der Waals surface area (Å²) in [4.78, 5) is 2.34. The maximum Gasteiger partial charge on any atom is 0.137 e. The number of hydrogen-bond acceptors (Lipinski definition) is 7. The fraction of sp³-hybridized carbons (Fsp3) is 0.0337. The first-order valence-electron chi connectivity index (χ1n) is 32.8. The zero-order chi connectivity index (χ0) is 62.6. The highest BCUT2D eigenvalue weighted by Crippen LogP contribution is 2.61. The standard InChI is InChI=1S/C52H27NO3S.C37H22S2/c1-3-12-39-34(9-1)36-19-17-32(27-44(36)55-39)53(31-18-22-41-38(26-31)35-10-2-4-13-40(35)54-41)30-8-5-7-29(25-30)33-20-24-46-52-48(33)37-11-6-14-42-49(37)50-43(56-42)21-15-28-16-23-45(57-46)51(52)47(28)50;1-37(2)26-10-5-8-21-22-9-6-12-30-33(22)36-31(39-30)18-24(23-14-15-27(37)35(32(21)26)34(23)36)19-13-16-29-25(17-19)20-7-3-4-11-28(20)38-29/h1-27H;3-18H,1-2H3. The molecule has 96 heavy (non-hydrogen) atoms. The molecule has 7 heteroatoms. The molecule has 6 aromatic heterocycles. The number of anilines is 3.